The molecule has 0 radical (unpaired) electrons. The molecule has 36 heavy (non-hydrogen) atoms. The number of nitrogens with one attached hydrogen (secondary N) is 1. The Morgan fingerprint density at radius 2 is 1.81 bits per heavy atom. The highest BCUT2D eigenvalue weighted by molar-refractivity contribution is 6.01. The van der Waals surface area contributed by atoms with Crippen LogP contribution in [0.3, 0.4) is 0 Å². The van der Waals surface area contributed by atoms with Crippen molar-refractivity contribution in [2.75, 3.05) is 57.9 Å². The number of hydrogen-bond donors (Lipinski definition) is 1. The van der Waals surface area contributed by atoms with Gasteiger partial charge in [-0.05, 0) is 50.1 Å². The zero-order chi connectivity index (χ0) is 25.3. The molecular formula is C27H38N4O5. The Hall–Kier alpha value is -2.49. The van der Waals surface area contributed by atoms with Crippen LogP contribution in [0, 0.1) is 0 Å². The van der Waals surface area contributed by atoms with Crippen LogP contribution in [0.4, 0.5) is 5.69 Å². The lowest BCUT2D eigenvalue weighted by molar-refractivity contribution is -0.142. The number of hydrogen-bond acceptors (Lipinski definition) is 7. The molecule has 3 saturated heterocycles. The van der Waals surface area contributed by atoms with Gasteiger partial charge in [0.15, 0.2) is 5.78 Å². The molecule has 0 bridgehead atoms. The predicted molar refractivity (Wildman–Crippen MR) is 135 cm³/mol. The fraction of sp³-hybridized carbons (Fsp3) is 0.667. The first-order valence-corrected chi connectivity index (χ1v) is 13.3. The fourth-order valence-electron chi connectivity index (χ4n) is 6.33. The zero-order valence-electron chi connectivity index (χ0n) is 21.4. The van der Waals surface area contributed by atoms with Gasteiger partial charge in [-0.15, -0.1) is 0 Å². The molecule has 0 spiro atoms. The molecule has 196 valence electrons. The van der Waals surface area contributed by atoms with E-state index in [9.17, 15) is 14.4 Å². The Labute approximate surface area is 213 Å². The van der Waals surface area contributed by atoms with Crippen LogP contribution in [-0.2, 0) is 19.1 Å². The third-order valence-corrected chi connectivity index (χ3v) is 8.33. The quantitative estimate of drug-likeness (QED) is 0.609. The summed E-state index contributed by atoms with van der Waals surface area (Å²) < 4.78 is 11.1. The number of fused-ring (bicyclic) bond motifs is 1. The number of carbonyl (C=O) groups is 3. The standard InChI is InChI=1S/C27H38N4O5/c1-3-12-29-13-15-30(16-14-29)20-8-6-19(7-9-20)25(33)28-27(10-4-5-11-27)26(34)31-17-22(35-2)24-23(31)21(32)18-36-24/h6-9,22-24H,3-5,10-18H2,1-2H3,(H,28,33)/t22-,23-,24-/m1/s1. The van der Waals surface area contributed by atoms with E-state index in [2.05, 4.69) is 22.0 Å². The summed E-state index contributed by atoms with van der Waals surface area (Å²) >= 11 is 0. The summed E-state index contributed by atoms with van der Waals surface area (Å²) in [6.07, 6.45) is 3.25. The summed E-state index contributed by atoms with van der Waals surface area (Å²) in [4.78, 5) is 46.2. The van der Waals surface area contributed by atoms with Gasteiger partial charge >= 0.3 is 0 Å². The first kappa shape index (κ1) is 25.2. The Bertz CT molecular complexity index is 969. The average Bonchev–Trinajstić information content (AvgIpc) is 3.62. The first-order valence-electron chi connectivity index (χ1n) is 13.3. The first-order chi connectivity index (χ1) is 17.5. The Kier molecular flexibility index (Phi) is 7.32. The topological polar surface area (TPSA) is 91.4 Å². The third kappa shape index (κ3) is 4.64. The molecule has 0 aromatic heterocycles. The number of methoxy groups -OCH3 is 1. The molecule has 1 aromatic carbocycles. The van der Waals surface area contributed by atoms with Crippen molar-refractivity contribution in [3.05, 3.63) is 29.8 Å². The summed E-state index contributed by atoms with van der Waals surface area (Å²) in [7, 11) is 1.57. The summed E-state index contributed by atoms with van der Waals surface area (Å²) in [5, 5.41) is 3.09. The molecule has 2 amide bonds. The second-order valence-electron chi connectivity index (χ2n) is 10.5. The maximum Gasteiger partial charge on any atom is 0.252 e. The number of piperazine rings is 1. The van der Waals surface area contributed by atoms with Crippen molar-refractivity contribution < 1.29 is 23.9 Å². The molecule has 1 aromatic rings. The highest BCUT2D eigenvalue weighted by Crippen LogP contribution is 2.37. The van der Waals surface area contributed by atoms with Gasteiger partial charge in [0.2, 0.25) is 5.91 Å². The van der Waals surface area contributed by atoms with Crippen molar-refractivity contribution in [2.24, 2.45) is 0 Å². The smallest absolute Gasteiger partial charge is 0.252 e. The lowest BCUT2D eigenvalue weighted by Crippen LogP contribution is -2.60. The lowest BCUT2D eigenvalue weighted by Gasteiger charge is -2.36. The molecule has 9 nitrogen and oxygen atoms in total. The second-order valence-corrected chi connectivity index (χ2v) is 10.5. The van der Waals surface area contributed by atoms with Crippen LogP contribution >= 0.6 is 0 Å². The maximum absolute atomic E-state index is 13.9. The molecule has 4 aliphatic rings. The molecule has 4 fully saturated rings. The van der Waals surface area contributed by atoms with Gasteiger partial charge in [0.1, 0.15) is 30.4 Å². The number of rotatable bonds is 7. The number of Topliss-reactive ketones (excluding diaryl/α,β-unsaturated/α-hetero) is 1. The van der Waals surface area contributed by atoms with Crippen molar-refractivity contribution in [1.82, 2.24) is 15.1 Å². The largest absolute Gasteiger partial charge is 0.377 e. The van der Waals surface area contributed by atoms with Gasteiger partial charge in [0, 0.05) is 44.5 Å². The van der Waals surface area contributed by atoms with E-state index in [4.69, 9.17) is 9.47 Å². The summed E-state index contributed by atoms with van der Waals surface area (Å²) in [6, 6.07) is 7.05. The molecule has 1 saturated carbocycles. The van der Waals surface area contributed by atoms with Crippen LogP contribution in [0.5, 0.6) is 0 Å². The molecule has 3 atom stereocenters. The highest BCUT2D eigenvalue weighted by Gasteiger charge is 2.56. The van der Waals surface area contributed by atoms with E-state index in [0.29, 0.717) is 24.9 Å². The number of anilines is 1. The van der Waals surface area contributed by atoms with Gasteiger partial charge < -0.3 is 24.6 Å². The van der Waals surface area contributed by atoms with Gasteiger partial charge in [0.05, 0.1) is 6.54 Å². The monoisotopic (exact) mass is 498 g/mol. The summed E-state index contributed by atoms with van der Waals surface area (Å²) in [5.41, 5.74) is 0.654. The number of likely N-dealkylation sites (tertiary alicyclic amines) is 1. The van der Waals surface area contributed by atoms with Crippen LogP contribution in [-0.4, -0.2) is 104 Å². The van der Waals surface area contributed by atoms with Crippen molar-refractivity contribution in [3.63, 3.8) is 0 Å². The molecule has 3 aliphatic heterocycles. The Morgan fingerprint density at radius 1 is 1.11 bits per heavy atom. The SMILES string of the molecule is CCCN1CCN(c2ccc(C(=O)NC3(C(=O)N4C[C@@H](OC)[C@H]5OCC(=O)[C@H]54)CCCC3)cc2)CC1. The van der Waals surface area contributed by atoms with Crippen LogP contribution in [0.2, 0.25) is 0 Å². The number of nitrogens with zero attached hydrogens (tertiary/aromatic N) is 3. The minimum Gasteiger partial charge on any atom is -0.377 e. The molecular weight excluding hydrogens is 460 g/mol. The van der Waals surface area contributed by atoms with Crippen molar-refractivity contribution in [3.8, 4) is 0 Å². The van der Waals surface area contributed by atoms with Crippen molar-refractivity contribution in [2.45, 2.75) is 62.8 Å². The van der Waals surface area contributed by atoms with E-state index < -0.39 is 17.7 Å². The molecule has 3 heterocycles. The summed E-state index contributed by atoms with van der Waals surface area (Å²) in [5.74, 6) is -0.542. The number of carbonyl (C=O) groups excluding carboxylic acids is 3. The van der Waals surface area contributed by atoms with E-state index in [1.165, 1.54) is 6.42 Å². The van der Waals surface area contributed by atoms with Gasteiger partial charge in [-0.1, -0.05) is 19.8 Å². The fourth-order valence-corrected chi connectivity index (χ4v) is 6.33. The Morgan fingerprint density at radius 3 is 2.44 bits per heavy atom. The van der Waals surface area contributed by atoms with Crippen molar-refractivity contribution >= 4 is 23.3 Å². The summed E-state index contributed by atoms with van der Waals surface area (Å²) in [6.45, 7) is 7.71. The van der Waals surface area contributed by atoms with E-state index >= 15 is 0 Å². The maximum atomic E-state index is 13.9. The molecule has 1 aliphatic carbocycles. The Balaban J connectivity index is 1.27. The van der Waals surface area contributed by atoms with Gasteiger partial charge in [0.25, 0.3) is 5.91 Å². The van der Waals surface area contributed by atoms with Crippen LogP contribution in [0.25, 0.3) is 0 Å². The zero-order valence-corrected chi connectivity index (χ0v) is 21.4. The number of ketones is 1. The average molecular weight is 499 g/mol. The van der Waals surface area contributed by atoms with Gasteiger partial charge in [-0.2, -0.15) is 0 Å². The minimum absolute atomic E-state index is 0.00165. The second kappa shape index (κ2) is 10.5. The molecule has 5 rings (SSSR count). The number of ether oxygens (including phenoxy) is 2. The van der Waals surface area contributed by atoms with E-state index in [1.807, 2.05) is 24.3 Å². The lowest BCUT2D eigenvalue weighted by atomic mass is 9.93. The van der Waals surface area contributed by atoms with Gasteiger partial charge in [-0.25, -0.2) is 0 Å². The van der Waals surface area contributed by atoms with Crippen LogP contribution in [0.1, 0.15) is 49.4 Å². The molecule has 0 unspecified atom stereocenters. The highest BCUT2D eigenvalue weighted by atomic mass is 16.5. The minimum atomic E-state index is -0.999. The normalized spacial score (nSPS) is 27.9. The van der Waals surface area contributed by atoms with Crippen LogP contribution in [0.15, 0.2) is 24.3 Å². The van der Waals surface area contributed by atoms with E-state index in [-0.39, 0.29) is 30.3 Å². The predicted octanol–water partition coefficient (Wildman–Crippen LogP) is 1.45. The number of benzene rings is 1. The third-order valence-electron chi connectivity index (χ3n) is 8.33. The van der Waals surface area contributed by atoms with E-state index in [1.54, 1.807) is 12.0 Å². The molecule has 9 heteroatoms. The van der Waals surface area contributed by atoms with E-state index in [0.717, 1.165) is 51.3 Å². The molecule has 1 N–H and O–H groups in total. The van der Waals surface area contributed by atoms with Crippen molar-refractivity contribution in [1.29, 1.82) is 0 Å². The van der Waals surface area contributed by atoms with Crippen LogP contribution < -0.4 is 10.2 Å². The number of amides is 2. The van der Waals surface area contributed by atoms with Gasteiger partial charge in [-0.3, -0.25) is 19.3 Å².